The number of aliphatic imine (C=N–C) groups is 1. The molecule has 124 valence electrons. The summed E-state index contributed by atoms with van der Waals surface area (Å²) in [7, 11) is 1.73. The van der Waals surface area contributed by atoms with Gasteiger partial charge in [0.15, 0.2) is 5.96 Å². The Labute approximate surface area is 129 Å². The highest BCUT2D eigenvalue weighted by Gasteiger charge is 2.19. The minimum absolute atomic E-state index is 0.00978. The fraction of sp³-hybridized carbons (Fsp3) is 0.867. The van der Waals surface area contributed by atoms with Crippen molar-refractivity contribution in [3.63, 3.8) is 0 Å². The van der Waals surface area contributed by atoms with E-state index in [1.54, 1.807) is 7.05 Å². The van der Waals surface area contributed by atoms with Crippen LogP contribution in [-0.4, -0.2) is 43.3 Å². The van der Waals surface area contributed by atoms with Gasteiger partial charge in [-0.1, -0.05) is 13.3 Å². The molecule has 0 radical (unpaired) electrons. The number of nitrogens with one attached hydrogen (secondary N) is 3. The maximum atomic E-state index is 11.8. The first kappa shape index (κ1) is 19.5. The average Bonchev–Trinajstić information content (AvgIpc) is 2.31. The number of rotatable bonds is 6. The Hall–Kier alpha value is -1.46. The van der Waals surface area contributed by atoms with Crippen LogP contribution in [0.15, 0.2) is 4.99 Å². The largest absolute Gasteiger partial charge is 0.444 e. The fourth-order valence-corrected chi connectivity index (χ4v) is 1.74. The molecule has 0 saturated carbocycles. The van der Waals surface area contributed by atoms with Gasteiger partial charge in [0.25, 0.3) is 0 Å². The number of alkyl carbamates (subject to hydrolysis) is 1. The molecular formula is C15H32N4O2. The Bertz CT molecular complexity index is 335. The normalized spacial score (nSPS) is 13.8. The second kappa shape index (κ2) is 9.47. The molecule has 1 unspecified atom stereocenters. The van der Waals surface area contributed by atoms with Crippen molar-refractivity contribution in [3.05, 3.63) is 0 Å². The van der Waals surface area contributed by atoms with Crippen molar-refractivity contribution < 1.29 is 9.53 Å². The fourth-order valence-electron chi connectivity index (χ4n) is 1.74. The standard InChI is InChI=1S/C15H32N4O2/c1-8-9-12(19-14(20)21-15(4,5)6)10-17-13(16-7)18-11(2)3/h11-12H,8-10H2,1-7H3,(H,19,20)(H2,16,17,18). The molecule has 6 nitrogen and oxygen atoms in total. The molecule has 0 aliphatic carbocycles. The maximum absolute atomic E-state index is 11.8. The van der Waals surface area contributed by atoms with Crippen LogP contribution in [0.25, 0.3) is 0 Å². The van der Waals surface area contributed by atoms with Gasteiger partial charge in [-0.2, -0.15) is 0 Å². The first-order valence-corrected chi connectivity index (χ1v) is 7.64. The molecule has 0 aliphatic heterocycles. The molecule has 3 N–H and O–H groups in total. The molecule has 21 heavy (non-hydrogen) atoms. The molecule has 1 amide bonds. The van der Waals surface area contributed by atoms with Gasteiger partial charge in [0.1, 0.15) is 5.60 Å². The van der Waals surface area contributed by atoms with Gasteiger partial charge < -0.3 is 20.7 Å². The highest BCUT2D eigenvalue weighted by atomic mass is 16.6. The third-order valence-corrected chi connectivity index (χ3v) is 2.52. The molecule has 0 aromatic carbocycles. The van der Waals surface area contributed by atoms with Gasteiger partial charge in [0, 0.05) is 25.7 Å². The van der Waals surface area contributed by atoms with Crippen molar-refractivity contribution in [2.75, 3.05) is 13.6 Å². The summed E-state index contributed by atoms with van der Waals surface area (Å²) in [6.45, 7) is 12.4. The van der Waals surface area contributed by atoms with Crippen molar-refractivity contribution in [3.8, 4) is 0 Å². The number of amides is 1. The number of hydrogen-bond donors (Lipinski definition) is 3. The SMILES string of the molecule is CCCC(CNC(=NC)NC(C)C)NC(=O)OC(C)(C)C. The van der Waals surface area contributed by atoms with Crippen molar-refractivity contribution >= 4 is 12.1 Å². The molecule has 0 heterocycles. The van der Waals surface area contributed by atoms with Gasteiger partial charge in [-0.05, 0) is 41.0 Å². The summed E-state index contributed by atoms with van der Waals surface area (Å²) in [6, 6.07) is 0.315. The monoisotopic (exact) mass is 300 g/mol. The molecule has 6 heteroatoms. The van der Waals surface area contributed by atoms with Gasteiger partial charge in [0.05, 0.1) is 0 Å². The Balaban J connectivity index is 4.39. The number of carbonyl (C=O) groups is 1. The van der Waals surface area contributed by atoms with Gasteiger partial charge in [-0.3, -0.25) is 4.99 Å². The second-order valence-electron chi connectivity index (χ2n) is 6.38. The molecule has 0 spiro atoms. The molecule has 0 saturated heterocycles. The predicted octanol–water partition coefficient (Wildman–Crippen LogP) is 2.25. The van der Waals surface area contributed by atoms with Crippen molar-refractivity contribution in [1.29, 1.82) is 0 Å². The van der Waals surface area contributed by atoms with Gasteiger partial charge in [-0.15, -0.1) is 0 Å². The zero-order valence-electron chi connectivity index (χ0n) is 14.5. The summed E-state index contributed by atoms with van der Waals surface area (Å²) >= 11 is 0. The lowest BCUT2D eigenvalue weighted by molar-refractivity contribution is 0.0502. The van der Waals surface area contributed by atoms with E-state index in [0.29, 0.717) is 12.6 Å². The van der Waals surface area contributed by atoms with E-state index in [0.717, 1.165) is 18.8 Å². The first-order chi connectivity index (χ1) is 9.67. The smallest absolute Gasteiger partial charge is 0.407 e. The summed E-state index contributed by atoms with van der Waals surface area (Å²) in [5.74, 6) is 0.733. The van der Waals surface area contributed by atoms with Crippen molar-refractivity contribution in [2.45, 2.75) is 72.1 Å². The number of ether oxygens (including phenoxy) is 1. The molecule has 0 aliphatic rings. The van der Waals surface area contributed by atoms with Crippen molar-refractivity contribution in [1.82, 2.24) is 16.0 Å². The average molecular weight is 300 g/mol. The van der Waals surface area contributed by atoms with Crippen LogP contribution in [0.5, 0.6) is 0 Å². The maximum Gasteiger partial charge on any atom is 0.407 e. The number of carbonyl (C=O) groups excluding carboxylic acids is 1. The minimum Gasteiger partial charge on any atom is -0.444 e. The minimum atomic E-state index is -0.483. The summed E-state index contributed by atoms with van der Waals surface area (Å²) in [6.07, 6.45) is 1.48. The van der Waals surface area contributed by atoms with Crippen LogP contribution in [0.1, 0.15) is 54.4 Å². The molecule has 0 aromatic rings. The lowest BCUT2D eigenvalue weighted by atomic mass is 10.1. The van der Waals surface area contributed by atoms with Crippen LogP contribution in [0, 0.1) is 0 Å². The van der Waals surface area contributed by atoms with Crippen molar-refractivity contribution in [2.24, 2.45) is 4.99 Å². The molecule has 1 atom stereocenters. The zero-order chi connectivity index (χ0) is 16.5. The van der Waals surface area contributed by atoms with E-state index >= 15 is 0 Å². The van der Waals surface area contributed by atoms with Gasteiger partial charge in [0.2, 0.25) is 0 Å². The third kappa shape index (κ3) is 10.9. The second-order valence-corrected chi connectivity index (χ2v) is 6.38. The van der Waals surface area contributed by atoms with Crippen LogP contribution in [0.2, 0.25) is 0 Å². The van der Waals surface area contributed by atoms with E-state index in [1.807, 2.05) is 20.8 Å². The van der Waals surface area contributed by atoms with E-state index in [4.69, 9.17) is 4.74 Å². The van der Waals surface area contributed by atoms with Crippen LogP contribution < -0.4 is 16.0 Å². The van der Waals surface area contributed by atoms with Crippen LogP contribution in [-0.2, 0) is 4.74 Å². The van der Waals surface area contributed by atoms with E-state index in [1.165, 1.54) is 0 Å². The Morgan fingerprint density at radius 1 is 1.24 bits per heavy atom. The highest BCUT2D eigenvalue weighted by Crippen LogP contribution is 2.07. The van der Waals surface area contributed by atoms with E-state index in [9.17, 15) is 4.79 Å². The summed E-state index contributed by atoms with van der Waals surface area (Å²) in [5, 5.41) is 9.34. The lowest BCUT2D eigenvalue weighted by Crippen LogP contribution is -2.49. The lowest BCUT2D eigenvalue weighted by Gasteiger charge is -2.24. The molecule has 0 bridgehead atoms. The predicted molar refractivity (Wildman–Crippen MR) is 87.7 cm³/mol. The Morgan fingerprint density at radius 2 is 1.86 bits per heavy atom. The zero-order valence-corrected chi connectivity index (χ0v) is 14.5. The van der Waals surface area contributed by atoms with Crippen LogP contribution in [0.3, 0.4) is 0 Å². The van der Waals surface area contributed by atoms with E-state index < -0.39 is 5.60 Å². The van der Waals surface area contributed by atoms with Gasteiger partial charge in [-0.25, -0.2) is 4.79 Å². The highest BCUT2D eigenvalue weighted by molar-refractivity contribution is 5.80. The first-order valence-electron chi connectivity index (χ1n) is 7.64. The van der Waals surface area contributed by atoms with Crippen LogP contribution in [0.4, 0.5) is 4.79 Å². The number of nitrogens with zero attached hydrogens (tertiary/aromatic N) is 1. The number of guanidine groups is 1. The number of hydrogen-bond acceptors (Lipinski definition) is 3. The van der Waals surface area contributed by atoms with E-state index in [2.05, 4.69) is 41.7 Å². The van der Waals surface area contributed by atoms with Crippen LogP contribution >= 0.6 is 0 Å². The molecule has 0 fully saturated rings. The third-order valence-electron chi connectivity index (χ3n) is 2.52. The summed E-state index contributed by atoms with van der Waals surface area (Å²) in [5.41, 5.74) is -0.483. The summed E-state index contributed by atoms with van der Waals surface area (Å²) < 4.78 is 5.29. The van der Waals surface area contributed by atoms with Gasteiger partial charge >= 0.3 is 6.09 Å². The summed E-state index contributed by atoms with van der Waals surface area (Å²) in [4.78, 5) is 16.0. The topological polar surface area (TPSA) is 74.8 Å². The van der Waals surface area contributed by atoms with E-state index in [-0.39, 0.29) is 12.1 Å². The molecular weight excluding hydrogens is 268 g/mol. The Kier molecular flexibility index (Phi) is 8.81. The molecule has 0 aromatic heterocycles. The quantitative estimate of drug-likeness (QED) is 0.519. The molecule has 0 rings (SSSR count). The Morgan fingerprint density at radius 3 is 2.29 bits per heavy atom.